The van der Waals surface area contributed by atoms with Gasteiger partial charge in [-0.15, -0.1) is 0 Å². The fourth-order valence-electron chi connectivity index (χ4n) is 1.46. The topological polar surface area (TPSA) is 132 Å². The maximum Gasteiger partial charge on any atom is 0.342 e. The molecule has 1 N–H and O–H groups in total. The maximum absolute atomic E-state index is 13.1. The average Bonchev–Trinajstić information content (AvgIpc) is 2.42. The van der Waals surface area contributed by atoms with Gasteiger partial charge in [0.2, 0.25) is 5.82 Å². The molecule has 110 valence electrons. The molecule has 0 aliphatic heterocycles. The first-order valence-electron chi connectivity index (χ1n) is 5.25. The van der Waals surface area contributed by atoms with Crippen molar-refractivity contribution >= 4 is 15.7 Å². The van der Waals surface area contributed by atoms with Crippen LogP contribution in [0.5, 0.6) is 0 Å². The molecule has 1 heterocycles. The summed E-state index contributed by atoms with van der Waals surface area (Å²) in [6.45, 7) is 0. The fourth-order valence-corrected chi connectivity index (χ4v) is 2.67. The lowest BCUT2D eigenvalue weighted by Crippen LogP contribution is -2.35. The molecule has 21 heavy (non-hydrogen) atoms. The number of hydrogen-bond acceptors (Lipinski definition) is 6. The van der Waals surface area contributed by atoms with E-state index < -0.39 is 36.9 Å². The zero-order valence-electron chi connectivity index (χ0n) is 10.0. The van der Waals surface area contributed by atoms with Crippen molar-refractivity contribution in [2.75, 3.05) is 0 Å². The Morgan fingerprint density at radius 3 is 2.29 bits per heavy atom. The first kappa shape index (κ1) is 14.6. The highest BCUT2D eigenvalue weighted by atomic mass is 32.2. The van der Waals surface area contributed by atoms with Gasteiger partial charge in [-0.05, 0) is 12.1 Å². The van der Waals surface area contributed by atoms with Gasteiger partial charge in [-0.1, -0.05) is 0 Å². The van der Waals surface area contributed by atoms with E-state index in [9.17, 15) is 32.5 Å². The van der Waals surface area contributed by atoms with Crippen LogP contribution in [0.3, 0.4) is 0 Å². The van der Waals surface area contributed by atoms with Crippen molar-refractivity contribution in [1.82, 2.24) is 8.96 Å². The van der Waals surface area contributed by atoms with E-state index in [2.05, 4.69) is 0 Å². The van der Waals surface area contributed by atoms with Crippen LogP contribution in [0.1, 0.15) is 0 Å². The van der Waals surface area contributed by atoms with Crippen molar-refractivity contribution in [2.45, 2.75) is 4.90 Å². The third kappa shape index (κ3) is 2.58. The van der Waals surface area contributed by atoms with Crippen LogP contribution in [0.4, 0.5) is 10.1 Å². The van der Waals surface area contributed by atoms with Crippen LogP contribution in [0, 0.1) is 15.9 Å². The quantitative estimate of drug-likeness (QED) is 0.617. The summed E-state index contributed by atoms with van der Waals surface area (Å²) < 4.78 is 37.3. The molecule has 0 aliphatic rings. The zero-order chi connectivity index (χ0) is 15.8. The van der Waals surface area contributed by atoms with Gasteiger partial charge in [0.05, 0.1) is 16.0 Å². The molecule has 1 aromatic heterocycles. The van der Waals surface area contributed by atoms with Gasteiger partial charge in [-0.3, -0.25) is 19.9 Å². The lowest BCUT2D eigenvalue weighted by molar-refractivity contribution is -0.384. The highest BCUT2D eigenvalue weighted by Gasteiger charge is 2.21. The SMILES string of the molecule is O=c1[nH]c(=O)n(S(=O)(=O)c2ccc([N+](=O)[O-])cc2)cc1F. The summed E-state index contributed by atoms with van der Waals surface area (Å²) in [6.07, 6.45) is 0.234. The Morgan fingerprint density at radius 2 is 1.76 bits per heavy atom. The Kier molecular flexibility index (Phi) is 3.43. The molecule has 0 saturated carbocycles. The number of H-pyrrole nitrogens is 1. The Bertz CT molecular complexity index is 929. The van der Waals surface area contributed by atoms with Gasteiger partial charge < -0.3 is 0 Å². The van der Waals surface area contributed by atoms with E-state index in [-0.39, 0.29) is 15.9 Å². The third-order valence-corrected chi connectivity index (χ3v) is 4.13. The molecule has 2 rings (SSSR count). The van der Waals surface area contributed by atoms with Gasteiger partial charge >= 0.3 is 5.69 Å². The minimum absolute atomic E-state index is 0.00486. The summed E-state index contributed by atoms with van der Waals surface area (Å²) >= 11 is 0. The van der Waals surface area contributed by atoms with E-state index in [0.717, 1.165) is 24.3 Å². The fraction of sp³-hybridized carbons (Fsp3) is 0. The number of nitro benzene ring substituents is 1. The average molecular weight is 315 g/mol. The second kappa shape index (κ2) is 4.94. The molecule has 0 spiro atoms. The summed E-state index contributed by atoms with van der Waals surface area (Å²) in [5, 5.41) is 10.5. The van der Waals surface area contributed by atoms with Gasteiger partial charge in [-0.2, -0.15) is 8.36 Å². The largest absolute Gasteiger partial charge is 0.342 e. The standard InChI is InChI=1S/C10H6FN3O6S/c11-8-5-13(10(16)12-9(8)15)21(19,20)7-3-1-6(2-4-7)14(17)18/h1-5H,(H,12,15,16). The highest BCUT2D eigenvalue weighted by Crippen LogP contribution is 2.17. The summed E-state index contributed by atoms with van der Waals surface area (Å²) in [5.41, 5.74) is -3.05. The Labute approximate surface area is 115 Å². The van der Waals surface area contributed by atoms with Crippen molar-refractivity contribution in [1.29, 1.82) is 0 Å². The van der Waals surface area contributed by atoms with Crippen molar-refractivity contribution in [3.05, 3.63) is 67.2 Å². The van der Waals surface area contributed by atoms with Crippen LogP contribution in [-0.2, 0) is 10.0 Å². The molecule has 0 unspecified atom stereocenters. The lowest BCUT2D eigenvalue weighted by atomic mass is 10.3. The van der Waals surface area contributed by atoms with E-state index in [1.54, 1.807) is 0 Å². The number of aromatic amines is 1. The minimum atomic E-state index is -4.48. The number of aromatic nitrogens is 2. The normalized spacial score (nSPS) is 11.3. The molecule has 9 nitrogen and oxygen atoms in total. The number of nitrogens with one attached hydrogen (secondary N) is 1. The highest BCUT2D eigenvalue weighted by molar-refractivity contribution is 7.90. The van der Waals surface area contributed by atoms with Crippen LogP contribution >= 0.6 is 0 Å². The number of rotatable bonds is 3. The molecule has 2 aromatic rings. The third-order valence-electron chi connectivity index (χ3n) is 2.47. The summed E-state index contributed by atoms with van der Waals surface area (Å²) in [7, 11) is -4.48. The number of nitro groups is 1. The Morgan fingerprint density at radius 1 is 1.19 bits per heavy atom. The number of benzene rings is 1. The molecule has 0 amide bonds. The molecule has 0 radical (unpaired) electrons. The van der Waals surface area contributed by atoms with Gasteiger partial charge in [-0.25, -0.2) is 13.2 Å². The maximum atomic E-state index is 13.1. The van der Waals surface area contributed by atoms with Crippen LogP contribution in [0.15, 0.2) is 44.9 Å². The van der Waals surface area contributed by atoms with Crippen LogP contribution in [0.2, 0.25) is 0 Å². The number of halogens is 1. The molecule has 1 aromatic carbocycles. The van der Waals surface area contributed by atoms with E-state index in [4.69, 9.17) is 0 Å². The van der Waals surface area contributed by atoms with Gasteiger partial charge in [0.15, 0.2) is 0 Å². The van der Waals surface area contributed by atoms with Gasteiger partial charge in [0.25, 0.3) is 21.3 Å². The molecule has 11 heteroatoms. The predicted molar refractivity (Wildman–Crippen MR) is 67.0 cm³/mol. The minimum Gasteiger partial charge on any atom is -0.271 e. The number of nitrogens with zero attached hydrogens (tertiary/aromatic N) is 2. The molecule has 0 bridgehead atoms. The second-order valence-corrected chi connectivity index (χ2v) is 5.60. The first-order chi connectivity index (χ1) is 9.73. The molecule has 0 aliphatic carbocycles. The van der Waals surface area contributed by atoms with Crippen LogP contribution in [-0.4, -0.2) is 22.3 Å². The molecule has 0 fully saturated rings. The summed E-state index contributed by atoms with van der Waals surface area (Å²) in [4.78, 5) is 33.1. The van der Waals surface area contributed by atoms with E-state index in [1.807, 2.05) is 0 Å². The van der Waals surface area contributed by atoms with Gasteiger partial charge in [0, 0.05) is 12.1 Å². The Hall–Kier alpha value is -2.82. The Balaban J connectivity index is 2.62. The van der Waals surface area contributed by atoms with Crippen molar-refractivity contribution in [3.8, 4) is 0 Å². The molecule has 0 atom stereocenters. The van der Waals surface area contributed by atoms with E-state index >= 15 is 0 Å². The summed E-state index contributed by atoms with van der Waals surface area (Å²) in [5.74, 6) is -1.46. The second-order valence-electron chi connectivity index (χ2n) is 3.79. The van der Waals surface area contributed by atoms with Crippen LogP contribution < -0.4 is 11.2 Å². The van der Waals surface area contributed by atoms with E-state index in [1.165, 1.54) is 4.98 Å². The lowest BCUT2D eigenvalue weighted by Gasteiger charge is -2.06. The predicted octanol–water partition coefficient (Wildman–Crippen LogP) is -0.179. The molecular weight excluding hydrogens is 309 g/mol. The molecular formula is C10H6FN3O6S. The van der Waals surface area contributed by atoms with Crippen molar-refractivity contribution in [2.24, 2.45) is 0 Å². The number of hydrogen-bond donors (Lipinski definition) is 1. The van der Waals surface area contributed by atoms with Crippen molar-refractivity contribution < 1.29 is 17.7 Å². The van der Waals surface area contributed by atoms with E-state index in [0.29, 0.717) is 0 Å². The monoisotopic (exact) mass is 315 g/mol. The zero-order valence-corrected chi connectivity index (χ0v) is 10.8. The molecule has 0 saturated heterocycles. The van der Waals surface area contributed by atoms with Crippen molar-refractivity contribution in [3.63, 3.8) is 0 Å². The summed E-state index contributed by atoms with van der Waals surface area (Å²) in [6, 6.07) is 3.62. The van der Waals surface area contributed by atoms with Crippen LogP contribution in [0.25, 0.3) is 0 Å². The van der Waals surface area contributed by atoms with Gasteiger partial charge in [0.1, 0.15) is 0 Å². The first-order valence-corrected chi connectivity index (χ1v) is 6.69. The smallest absolute Gasteiger partial charge is 0.271 e. The number of non-ortho nitro benzene ring substituents is 1.